The number of hydrogen-bond acceptors (Lipinski definition) is 6. The Bertz CT molecular complexity index is 819. The van der Waals surface area contributed by atoms with Crippen LogP contribution in [0.5, 0.6) is 0 Å². The highest BCUT2D eigenvalue weighted by Crippen LogP contribution is 2.15. The first-order chi connectivity index (χ1) is 12.5. The van der Waals surface area contributed by atoms with Gasteiger partial charge in [-0.1, -0.05) is 5.16 Å². The van der Waals surface area contributed by atoms with Gasteiger partial charge < -0.3 is 9.84 Å². The van der Waals surface area contributed by atoms with Crippen molar-refractivity contribution in [3.63, 3.8) is 0 Å². The van der Waals surface area contributed by atoms with Crippen molar-refractivity contribution in [3.05, 3.63) is 33.3 Å². The van der Waals surface area contributed by atoms with E-state index in [0.717, 1.165) is 35.7 Å². The van der Waals surface area contributed by atoms with Crippen LogP contribution in [-0.4, -0.2) is 43.5 Å². The third-order valence-electron chi connectivity index (χ3n) is 4.80. The Balaban J connectivity index is 1.67. The van der Waals surface area contributed by atoms with E-state index in [4.69, 9.17) is 4.52 Å². The number of hydrogen-bond donors (Lipinski definition) is 1. The van der Waals surface area contributed by atoms with Crippen LogP contribution in [0.1, 0.15) is 42.1 Å². The third-order valence-corrected chi connectivity index (χ3v) is 5.42. The van der Waals surface area contributed by atoms with E-state index in [2.05, 4.69) is 15.6 Å². The molecule has 3 rings (SSSR count). The van der Waals surface area contributed by atoms with Crippen LogP contribution in [-0.2, 0) is 24.3 Å². The zero-order valence-corrected chi connectivity index (χ0v) is 16.3. The van der Waals surface area contributed by atoms with E-state index in [0.29, 0.717) is 31.7 Å². The van der Waals surface area contributed by atoms with Crippen LogP contribution < -0.4 is 11.0 Å². The van der Waals surface area contributed by atoms with Crippen molar-refractivity contribution in [3.8, 4) is 0 Å². The molecule has 2 aromatic heterocycles. The molecule has 0 spiro atoms. The molecule has 2 aromatic rings. The number of nitrogens with one attached hydrogen (secondary N) is 1. The molecule has 1 unspecified atom stereocenters. The van der Waals surface area contributed by atoms with Crippen molar-refractivity contribution in [1.82, 2.24) is 24.8 Å². The first kappa shape index (κ1) is 18.8. The second kappa shape index (κ2) is 8.11. The van der Waals surface area contributed by atoms with Gasteiger partial charge in [-0.05, 0) is 32.9 Å². The van der Waals surface area contributed by atoms with Gasteiger partial charge in [-0.3, -0.25) is 9.36 Å². The first-order valence-corrected chi connectivity index (χ1v) is 10.3. The summed E-state index contributed by atoms with van der Waals surface area (Å²) >= 11 is 1.66. The van der Waals surface area contributed by atoms with E-state index in [9.17, 15) is 9.59 Å². The molecule has 142 valence electrons. The molecule has 0 fully saturated rings. The third kappa shape index (κ3) is 4.03. The standard InChI is InChI=1S/C17H25N5O3S/c1-11-14(12(2)25-20-11)10-22-17(24)21-8-6-13(4-5-15(21)19-22)18-16(23)7-9-26-3/h13H,4-10H2,1-3H3,(H,18,23). The fourth-order valence-corrected chi connectivity index (χ4v) is 3.64. The number of nitrogens with zero attached hydrogens (tertiary/aromatic N) is 4. The van der Waals surface area contributed by atoms with Gasteiger partial charge in [0.15, 0.2) is 0 Å². The second-order valence-electron chi connectivity index (χ2n) is 6.65. The maximum atomic E-state index is 12.7. The molecule has 0 saturated heterocycles. The summed E-state index contributed by atoms with van der Waals surface area (Å²) in [6.07, 6.45) is 4.75. The maximum absolute atomic E-state index is 12.7. The Kier molecular flexibility index (Phi) is 5.85. The summed E-state index contributed by atoms with van der Waals surface area (Å²) in [7, 11) is 0. The van der Waals surface area contributed by atoms with E-state index in [1.807, 2.05) is 20.1 Å². The monoisotopic (exact) mass is 379 g/mol. The maximum Gasteiger partial charge on any atom is 0.346 e. The molecule has 1 amide bonds. The van der Waals surface area contributed by atoms with E-state index in [1.165, 1.54) is 4.68 Å². The van der Waals surface area contributed by atoms with Crippen molar-refractivity contribution >= 4 is 17.7 Å². The van der Waals surface area contributed by atoms with Crippen LogP contribution in [0, 0.1) is 13.8 Å². The lowest BCUT2D eigenvalue weighted by atomic mass is 10.1. The van der Waals surface area contributed by atoms with E-state index < -0.39 is 0 Å². The van der Waals surface area contributed by atoms with E-state index >= 15 is 0 Å². The molecule has 0 aliphatic carbocycles. The first-order valence-electron chi connectivity index (χ1n) is 8.86. The topological polar surface area (TPSA) is 95.0 Å². The zero-order valence-electron chi connectivity index (χ0n) is 15.4. The molecular weight excluding hydrogens is 354 g/mol. The Morgan fingerprint density at radius 2 is 2.19 bits per heavy atom. The minimum absolute atomic E-state index is 0.0831. The summed E-state index contributed by atoms with van der Waals surface area (Å²) in [5.41, 5.74) is 1.57. The van der Waals surface area contributed by atoms with Crippen molar-refractivity contribution in [1.29, 1.82) is 0 Å². The highest BCUT2D eigenvalue weighted by atomic mass is 32.2. The summed E-state index contributed by atoms with van der Waals surface area (Å²) in [6.45, 7) is 4.64. The van der Waals surface area contributed by atoms with Gasteiger partial charge in [-0.25, -0.2) is 9.48 Å². The van der Waals surface area contributed by atoms with Crippen molar-refractivity contribution in [2.75, 3.05) is 12.0 Å². The molecule has 1 atom stereocenters. The molecule has 3 heterocycles. The Morgan fingerprint density at radius 1 is 1.38 bits per heavy atom. The van der Waals surface area contributed by atoms with Gasteiger partial charge in [0, 0.05) is 36.7 Å². The predicted molar refractivity (Wildman–Crippen MR) is 99.4 cm³/mol. The summed E-state index contributed by atoms with van der Waals surface area (Å²) in [4.78, 5) is 24.6. The van der Waals surface area contributed by atoms with E-state index in [-0.39, 0.29) is 17.6 Å². The molecular formula is C17H25N5O3S. The molecule has 0 radical (unpaired) electrons. The minimum atomic E-state index is -0.116. The van der Waals surface area contributed by atoms with Crippen LogP contribution >= 0.6 is 11.8 Å². The quantitative estimate of drug-likeness (QED) is 0.812. The number of aromatic nitrogens is 4. The molecule has 0 saturated carbocycles. The summed E-state index contributed by atoms with van der Waals surface area (Å²) in [5.74, 6) is 2.40. The molecule has 1 aliphatic heterocycles. The highest BCUT2D eigenvalue weighted by molar-refractivity contribution is 7.98. The Labute approximate surface area is 156 Å². The average molecular weight is 379 g/mol. The minimum Gasteiger partial charge on any atom is -0.361 e. The molecule has 26 heavy (non-hydrogen) atoms. The predicted octanol–water partition coefficient (Wildman–Crippen LogP) is 1.27. The van der Waals surface area contributed by atoms with Crippen molar-refractivity contribution in [2.45, 2.75) is 58.7 Å². The van der Waals surface area contributed by atoms with Gasteiger partial charge in [0.2, 0.25) is 5.91 Å². The Hall–Kier alpha value is -2.03. The SMILES string of the molecule is CSCCC(=O)NC1CCc2nn(Cc3c(C)noc3C)c(=O)n2CC1. The number of rotatable bonds is 6. The molecule has 1 N–H and O–H groups in total. The van der Waals surface area contributed by atoms with Crippen LogP contribution in [0.2, 0.25) is 0 Å². The zero-order chi connectivity index (χ0) is 18.7. The fourth-order valence-electron chi connectivity index (χ4n) is 3.25. The van der Waals surface area contributed by atoms with Gasteiger partial charge in [-0.15, -0.1) is 0 Å². The normalized spacial score (nSPS) is 17.0. The lowest BCUT2D eigenvalue weighted by Crippen LogP contribution is -2.36. The number of carbonyl (C=O) groups excluding carboxylic acids is 1. The van der Waals surface area contributed by atoms with Crippen molar-refractivity contribution in [2.24, 2.45) is 0 Å². The summed E-state index contributed by atoms with van der Waals surface area (Å²) in [5, 5.41) is 11.5. The number of amides is 1. The smallest absolute Gasteiger partial charge is 0.346 e. The molecule has 0 bridgehead atoms. The lowest BCUT2D eigenvalue weighted by Gasteiger charge is -2.15. The molecule has 8 nitrogen and oxygen atoms in total. The number of fused-ring (bicyclic) bond motifs is 1. The van der Waals surface area contributed by atoms with Crippen LogP contribution in [0.3, 0.4) is 0 Å². The van der Waals surface area contributed by atoms with Gasteiger partial charge in [0.1, 0.15) is 11.6 Å². The van der Waals surface area contributed by atoms with Crippen molar-refractivity contribution < 1.29 is 9.32 Å². The fraction of sp³-hybridized carbons (Fsp3) is 0.647. The largest absolute Gasteiger partial charge is 0.361 e. The lowest BCUT2D eigenvalue weighted by molar-refractivity contribution is -0.121. The number of carbonyl (C=O) groups is 1. The van der Waals surface area contributed by atoms with Crippen LogP contribution in [0.15, 0.2) is 9.32 Å². The van der Waals surface area contributed by atoms with Gasteiger partial charge in [-0.2, -0.15) is 16.9 Å². The highest BCUT2D eigenvalue weighted by Gasteiger charge is 2.23. The molecule has 9 heteroatoms. The Morgan fingerprint density at radius 3 is 2.88 bits per heavy atom. The van der Waals surface area contributed by atoms with Gasteiger partial charge in [0.05, 0.1) is 12.2 Å². The summed E-state index contributed by atoms with van der Waals surface area (Å²) in [6, 6.07) is 0.0986. The van der Waals surface area contributed by atoms with Crippen LogP contribution in [0.25, 0.3) is 0 Å². The molecule has 1 aliphatic rings. The second-order valence-corrected chi connectivity index (χ2v) is 7.63. The van der Waals surface area contributed by atoms with Crippen LogP contribution in [0.4, 0.5) is 0 Å². The summed E-state index contributed by atoms with van der Waals surface area (Å²) < 4.78 is 8.38. The molecule has 0 aromatic carbocycles. The van der Waals surface area contributed by atoms with E-state index in [1.54, 1.807) is 16.3 Å². The van der Waals surface area contributed by atoms with Gasteiger partial charge in [0.25, 0.3) is 0 Å². The van der Waals surface area contributed by atoms with Gasteiger partial charge >= 0.3 is 5.69 Å². The number of thioether (sulfide) groups is 1. The number of aryl methyl sites for hydroxylation is 3. The average Bonchev–Trinajstić information content (AvgIpc) is 3.00.